The molecule has 2 heterocycles. The van der Waals surface area contributed by atoms with Gasteiger partial charge >= 0.3 is 0 Å². The van der Waals surface area contributed by atoms with E-state index in [1.54, 1.807) is 25.3 Å². The maximum Gasteiger partial charge on any atom is 0.256 e. The lowest BCUT2D eigenvalue weighted by Crippen LogP contribution is -2.14. The third kappa shape index (κ3) is 3.40. The first-order chi connectivity index (χ1) is 13.1. The second-order valence-electron chi connectivity index (χ2n) is 6.20. The normalized spacial score (nSPS) is 10.7. The lowest BCUT2D eigenvalue weighted by Gasteiger charge is -2.12. The Bertz CT molecular complexity index is 1140. The molecule has 0 aliphatic heterocycles. The van der Waals surface area contributed by atoms with E-state index in [0.717, 1.165) is 5.39 Å². The number of para-hydroxylation sites is 1. The molecule has 1 N–H and O–H groups in total. The minimum atomic E-state index is -0.336. The number of nitrogens with one attached hydrogen (secondary N) is 1. The summed E-state index contributed by atoms with van der Waals surface area (Å²) in [5.41, 5.74) is 3.74. The fraction of sp³-hybridized carbons (Fsp3) is 0.0455. The van der Waals surface area contributed by atoms with Gasteiger partial charge in [-0.15, -0.1) is 0 Å². The van der Waals surface area contributed by atoms with Crippen LogP contribution in [0.1, 0.15) is 15.9 Å². The van der Waals surface area contributed by atoms with Crippen LogP contribution in [0.5, 0.6) is 0 Å². The first-order valence-electron chi connectivity index (χ1n) is 8.50. The number of aryl methyl sites for hydroxylation is 1. The predicted molar refractivity (Wildman–Crippen MR) is 104 cm³/mol. The van der Waals surface area contributed by atoms with Crippen LogP contribution in [0.4, 0.5) is 10.1 Å². The molecular formula is C22H16FN3O. The standard InChI is InChI=1S/C22H16FN3O/c1-14-12-15(23)9-10-18(14)26-22(27)17-13-21(20-8-4-5-11-24-20)25-19-7-3-2-6-16(17)19/h2-13H,1H3,(H,26,27). The van der Waals surface area contributed by atoms with Gasteiger partial charge in [0.25, 0.3) is 5.91 Å². The Hall–Kier alpha value is -3.60. The molecule has 0 radical (unpaired) electrons. The maximum atomic E-state index is 13.3. The van der Waals surface area contributed by atoms with Gasteiger partial charge in [-0.05, 0) is 55.0 Å². The second kappa shape index (κ2) is 6.96. The van der Waals surface area contributed by atoms with Crippen molar-refractivity contribution >= 4 is 22.5 Å². The summed E-state index contributed by atoms with van der Waals surface area (Å²) in [6.07, 6.45) is 1.69. The highest BCUT2D eigenvalue weighted by molar-refractivity contribution is 6.13. The Morgan fingerprint density at radius 2 is 1.78 bits per heavy atom. The number of amides is 1. The fourth-order valence-corrected chi connectivity index (χ4v) is 2.97. The molecule has 4 nitrogen and oxygen atoms in total. The Kier molecular flexibility index (Phi) is 4.34. The lowest BCUT2D eigenvalue weighted by atomic mass is 10.0. The number of hydrogen-bond acceptors (Lipinski definition) is 3. The van der Waals surface area contributed by atoms with Crippen molar-refractivity contribution < 1.29 is 9.18 Å². The van der Waals surface area contributed by atoms with E-state index in [1.165, 1.54) is 12.1 Å². The van der Waals surface area contributed by atoms with Crippen molar-refractivity contribution in [1.82, 2.24) is 9.97 Å². The molecule has 0 atom stereocenters. The van der Waals surface area contributed by atoms with E-state index < -0.39 is 0 Å². The minimum absolute atomic E-state index is 0.277. The molecule has 0 fully saturated rings. The zero-order valence-corrected chi connectivity index (χ0v) is 14.6. The van der Waals surface area contributed by atoms with Gasteiger partial charge in [0.1, 0.15) is 5.82 Å². The highest BCUT2D eigenvalue weighted by Gasteiger charge is 2.15. The molecule has 0 aliphatic rings. The zero-order chi connectivity index (χ0) is 18.8. The van der Waals surface area contributed by atoms with E-state index in [2.05, 4.69) is 15.3 Å². The van der Waals surface area contributed by atoms with Crippen LogP contribution in [0.15, 0.2) is 72.9 Å². The molecule has 1 amide bonds. The summed E-state index contributed by atoms with van der Waals surface area (Å²) in [6.45, 7) is 1.75. The Balaban J connectivity index is 1.81. The highest BCUT2D eigenvalue weighted by Crippen LogP contribution is 2.25. The van der Waals surface area contributed by atoms with Gasteiger partial charge in [-0.3, -0.25) is 9.78 Å². The largest absolute Gasteiger partial charge is 0.322 e. The summed E-state index contributed by atoms with van der Waals surface area (Å²) in [5, 5.41) is 3.62. The number of fused-ring (bicyclic) bond motifs is 1. The predicted octanol–water partition coefficient (Wildman–Crippen LogP) is 5.00. The van der Waals surface area contributed by atoms with Crippen LogP contribution in [-0.4, -0.2) is 15.9 Å². The van der Waals surface area contributed by atoms with E-state index in [-0.39, 0.29) is 11.7 Å². The van der Waals surface area contributed by atoms with Gasteiger partial charge in [-0.25, -0.2) is 9.37 Å². The Morgan fingerprint density at radius 3 is 2.56 bits per heavy atom. The molecule has 0 spiro atoms. The number of rotatable bonds is 3. The molecule has 2 aromatic heterocycles. The molecular weight excluding hydrogens is 341 g/mol. The molecule has 0 aliphatic carbocycles. The number of carbonyl (C=O) groups is 1. The topological polar surface area (TPSA) is 54.9 Å². The maximum absolute atomic E-state index is 13.3. The third-order valence-corrected chi connectivity index (χ3v) is 4.32. The van der Waals surface area contributed by atoms with Crippen molar-refractivity contribution in [2.75, 3.05) is 5.32 Å². The van der Waals surface area contributed by atoms with E-state index in [9.17, 15) is 9.18 Å². The zero-order valence-electron chi connectivity index (χ0n) is 14.6. The Labute approximate surface area is 155 Å². The number of benzene rings is 2. The molecule has 5 heteroatoms. The van der Waals surface area contributed by atoms with Crippen molar-refractivity contribution in [1.29, 1.82) is 0 Å². The smallest absolute Gasteiger partial charge is 0.256 e. The molecule has 0 saturated carbocycles. The van der Waals surface area contributed by atoms with Crippen molar-refractivity contribution in [3.63, 3.8) is 0 Å². The SMILES string of the molecule is Cc1cc(F)ccc1NC(=O)c1cc(-c2ccccn2)nc2ccccc12. The van der Waals surface area contributed by atoms with Gasteiger partial charge in [-0.1, -0.05) is 24.3 Å². The van der Waals surface area contributed by atoms with Crippen molar-refractivity contribution in [2.24, 2.45) is 0 Å². The minimum Gasteiger partial charge on any atom is -0.322 e. The number of nitrogens with zero attached hydrogens (tertiary/aromatic N) is 2. The summed E-state index contributed by atoms with van der Waals surface area (Å²) in [7, 11) is 0. The summed E-state index contributed by atoms with van der Waals surface area (Å²) >= 11 is 0. The molecule has 132 valence electrons. The molecule has 4 aromatic rings. The van der Waals surface area contributed by atoms with E-state index in [0.29, 0.717) is 33.7 Å². The van der Waals surface area contributed by atoms with Gasteiger partial charge in [0, 0.05) is 17.3 Å². The van der Waals surface area contributed by atoms with E-state index in [1.807, 2.05) is 42.5 Å². The van der Waals surface area contributed by atoms with Crippen molar-refractivity contribution in [3.05, 3.63) is 89.9 Å². The third-order valence-electron chi connectivity index (χ3n) is 4.32. The fourth-order valence-electron chi connectivity index (χ4n) is 2.97. The highest BCUT2D eigenvalue weighted by atomic mass is 19.1. The van der Waals surface area contributed by atoms with Crippen LogP contribution < -0.4 is 5.32 Å². The first-order valence-corrected chi connectivity index (χ1v) is 8.50. The number of anilines is 1. The lowest BCUT2D eigenvalue weighted by molar-refractivity contribution is 0.102. The van der Waals surface area contributed by atoms with Gasteiger partial charge in [0.2, 0.25) is 0 Å². The van der Waals surface area contributed by atoms with E-state index >= 15 is 0 Å². The van der Waals surface area contributed by atoms with Crippen LogP contribution in [0, 0.1) is 12.7 Å². The molecule has 4 rings (SSSR count). The number of pyridine rings is 2. The number of halogens is 1. The van der Waals surface area contributed by atoms with Crippen LogP contribution in [0.25, 0.3) is 22.3 Å². The molecule has 0 unspecified atom stereocenters. The average Bonchev–Trinajstić information content (AvgIpc) is 2.70. The molecule has 2 aromatic carbocycles. The monoisotopic (exact) mass is 357 g/mol. The molecule has 0 saturated heterocycles. The summed E-state index contributed by atoms with van der Waals surface area (Å²) in [6, 6.07) is 19.0. The Morgan fingerprint density at radius 1 is 0.963 bits per heavy atom. The summed E-state index contributed by atoms with van der Waals surface area (Å²) in [4.78, 5) is 22.0. The molecule has 27 heavy (non-hydrogen) atoms. The average molecular weight is 357 g/mol. The number of hydrogen-bond donors (Lipinski definition) is 1. The number of carbonyl (C=O) groups excluding carboxylic acids is 1. The van der Waals surface area contributed by atoms with Crippen molar-refractivity contribution in [3.8, 4) is 11.4 Å². The van der Waals surface area contributed by atoms with E-state index in [4.69, 9.17) is 0 Å². The second-order valence-corrected chi connectivity index (χ2v) is 6.20. The summed E-state index contributed by atoms with van der Waals surface area (Å²) < 4.78 is 13.3. The molecule has 0 bridgehead atoms. The van der Waals surface area contributed by atoms with Crippen LogP contribution in [0.2, 0.25) is 0 Å². The van der Waals surface area contributed by atoms with Gasteiger partial charge in [0.15, 0.2) is 0 Å². The van der Waals surface area contributed by atoms with Gasteiger partial charge in [-0.2, -0.15) is 0 Å². The van der Waals surface area contributed by atoms with Crippen LogP contribution in [-0.2, 0) is 0 Å². The number of aromatic nitrogens is 2. The van der Waals surface area contributed by atoms with Gasteiger partial charge in [0.05, 0.1) is 22.5 Å². The quantitative estimate of drug-likeness (QED) is 0.561. The van der Waals surface area contributed by atoms with Crippen LogP contribution >= 0.6 is 0 Å². The van der Waals surface area contributed by atoms with Crippen molar-refractivity contribution in [2.45, 2.75) is 6.92 Å². The first kappa shape index (κ1) is 16.8. The van der Waals surface area contributed by atoms with Gasteiger partial charge < -0.3 is 5.32 Å². The van der Waals surface area contributed by atoms with Crippen LogP contribution in [0.3, 0.4) is 0 Å². The summed E-state index contributed by atoms with van der Waals surface area (Å²) in [5.74, 6) is -0.613.